The molecule has 1 spiro atoms. The molecule has 0 radical (unpaired) electrons. The molecule has 2 saturated heterocycles. The molecule has 3 aliphatic rings. The molecule has 1 unspecified atom stereocenters. The molecule has 1 aromatic rings. The summed E-state index contributed by atoms with van der Waals surface area (Å²) in [4.78, 5) is 4.10. The van der Waals surface area contributed by atoms with Crippen LogP contribution in [0.2, 0.25) is 0 Å². The summed E-state index contributed by atoms with van der Waals surface area (Å²) in [6, 6.07) is 3.94. The Labute approximate surface area is 155 Å². The highest BCUT2D eigenvalue weighted by Crippen LogP contribution is 2.44. The Hall–Kier alpha value is -1.02. The molecule has 0 bridgehead atoms. The monoisotopic (exact) mass is 380 g/mol. The summed E-state index contributed by atoms with van der Waals surface area (Å²) in [6.45, 7) is 3.27. The minimum atomic E-state index is -3.06. The second-order valence-electron chi connectivity index (χ2n) is 7.74. The average Bonchev–Trinajstić information content (AvgIpc) is 3.45. The summed E-state index contributed by atoms with van der Waals surface area (Å²) in [7, 11) is -3.06. The predicted octanol–water partition coefficient (Wildman–Crippen LogP) is 2.35. The second kappa shape index (κ2) is 7.54. The molecule has 4 rings (SSSR count). The van der Waals surface area contributed by atoms with Crippen LogP contribution in [0.1, 0.15) is 44.1 Å². The number of pyridine rings is 1. The van der Waals surface area contributed by atoms with Gasteiger partial charge in [0.1, 0.15) is 0 Å². The maximum Gasteiger partial charge on any atom is 0.216 e. The molecular formula is C19H28N2O4S. The molecule has 2 aliphatic heterocycles. The lowest BCUT2D eigenvalue weighted by Crippen LogP contribution is -2.50. The molecule has 3 fully saturated rings. The standard InChI is InChI=1S/C19H28N2O4S/c22-26(23,18-3-4-18)21-10-7-19(8-11-21)17(6-13-25-19)5-12-24-15-16-2-1-9-20-14-16/h1-2,9,14,17-18H,3-8,10-13,15H2. The molecule has 1 aromatic heterocycles. The molecule has 144 valence electrons. The first-order valence-corrected chi connectivity index (χ1v) is 11.2. The topological polar surface area (TPSA) is 68.7 Å². The number of piperidine rings is 1. The van der Waals surface area contributed by atoms with Gasteiger partial charge in [-0.1, -0.05) is 6.07 Å². The van der Waals surface area contributed by atoms with E-state index in [4.69, 9.17) is 9.47 Å². The highest BCUT2D eigenvalue weighted by atomic mass is 32.2. The van der Waals surface area contributed by atoms with E-state index < -0.39 is 10.0 Å². The number of sulfonamides is 1. The van der Waals surface area contributed by atoms with Gasteiger partial charge in [-0.15, -0.1) is 0 Å². The average molecular weight is 381 g/mol. The van der Waals surface area contributed by atoms with Gasteiger partial charge in [-0.3, -0.25) is 4.98 Å². The van der Waals surface area contributed by atoms with E-state index in [1.165, 1.54) is 0 Å². The summed E-state index contributed by atoms with van der Waals surface area (Å²) in [5.41, 5.74) is 0.941. The third-order valence-electron chi connectivity index (χ3n) is 6.08. The summed E-state index contributed by atoms with van der Waals surface area (Å²) < 4.78 is 38.6. The van der Waals surface area contributed by atoms with Crippen LogP contribution in [0.15, 0.2) is 24.5 Å². The normalized spacial score (nSPS) is 26.4. The van der Waals surface area contributed by atoms with Gasteiger partial charge in [0.15, 0.2) is 0 Å². The van der Waals surface area contributed by atoms with E-state index >= 15 is 0 Å². The molecule has 6 nitrogen and oxygen atoms in total. The van der Waals surface area contributed by atoms with Crippen LogP contribution in [0, 0.1) is 5.92 Å². The molecule has 26 heavy (non-hydrogen) atoms. The fraction of sp³-hybridized carbons (Fsp3) is 0.737. The number of nitrogens with zero attached hydrogens (tertiary/aromatic N) is 2. The van der Waals surface area contributed by atoms with Crippen LogP contribution in [0.5, 0.6) is 0 Å². The zero-order chi connectivity index (χ0) is 18.0. The van der Waals surface area contributed by atoms with Crippen molar-refractivity contribution < 1.29 is 17.9 Å². The minimum absolute atomic E-state index is 0.113. The van der Waals surface area contributed by atoms with Gasteiger partial charge in [0.05, 0.1) is 17.5 Å². The Morgan fingerprint density at radius 1 is 1.27 bits per heavy atom. The molecular weight excluding hydrogens is 352 g/mol. The highest BCUT2D eigenvalue weighted by molar-refractivity contribution is 7.90. The van der Waals surface area contributed by atoms with Gasteiger partial charge in [-0.25, -0.2) is 12.7 Å². The van der Waals surface area contributed by atoms with Crippen LogP contribution in [0.25, 0.3) is 0 Å². The van der Waals surface area contributed by atoms with Crippen molar-refractivity contribution >= 4 is 10.0 Å². The third-order valence-corrected chi connectivity index (χ3v) is 8.48. The minimum Gasteiger partial charge on any atom is -0.377 e. The Morgan fingerprint density at radius 3 is 2.77 bits per heavy atom. The van der Waals surface area contributed by atoms with Crippen molar-refractivity contribution in [3.8, 4) is 0 Å². The number of rotatable bonds is 7. The van der Waals surface area contributed by atoms with Crippen molar-refractivity contribution in [3.63, 3.8) is 0 Å². The predicted molar refractivity (Wildman–Crippen MR) is 98.0 cm³/mol. The van der Waals surface area contributed by atoms with Crippen LogP contribution in [-0.4, -0.2) is 54.9 Å². The SMILES string of the molecule is O=S(=O)(C1CC1)N1CCC2(CC1)OCCC2CCOCc1cccnc1. The van der Waals surface area contributed by atoms with Crippen molar-refractivity contribution in [2.24, 2.45) is 5.92 Å². The van der Waals surface area contributed by atoms with Gasteiger partial charge in [0.25, 0.3) is 0 Å². The quantitative estimate of drug-likeness (QED) is 0.679. The summed E-state index contributed by atoms with van der Waals surface area (Å²) in [5, 5.41) is -0.113. The summed E-state index contributed by atoms with van der Waals surface area (Å²) in [5.74, 6) is 0.460. The zero-order valence-electron chi connectivity index (χ0n) is 15.2. The van der Waals surface area contributed by atoms with Crippen molar-refractivity contribution in [1.82, 2.24) is 9.29 Å². The Bertz CT molecular complexity index is 698. The number of ether oxygens (including phenoxy) is 2. The maximum atomic E-state index is 12.4. The molecule has 1 saturated carbocycles. The summed E-state index contributed by atoms with van der Waals surface area (Å²) >= 11 is 0. The highest BCUT2D eigenvalue weighted by Gasteiger charge is 2.49. The van der Waals surface area contributed by atoms with Gasteiger partial charge in [-0.2, -0.15) is 0 Å². The van der Waals surface area contributed by atoms with E-state index in [1.807, 2.05) is 18.3 Å². The van der Waals surface area contributed by atoms with E-state index in [2.05, 4.69) is 4.98 Å². The Kier molecular flexibility index (Phi) is 5.32. The van der Waals surface area contributed by atoms with E-state index in [0.29, 0.717) is 32.2 Å². The summed E-state index contributed by atoms with van der Waals surface area (Å²) in [6.07, 6.45) is 8.89. The largest absolute Gasteiger partial charge is 0.377 e. The van der Waals surface area contributed by atoms with Crippen molar-refractivity contribution in [2.75, 3.05) is 26.3 Å². The van der Waals surface area contributed by atoms with Crippen molar-refractivity contribution in [1.29, 1.82) is 0 Å². The van der Waals surface area contributed by atoms with Gasteiger partial charge >= 0.3 is 0 Å². The van der Waals surface area contributed by atoms with Gasteiger partial charge < -0.3 is 9.47 Å². The van der Waals surface area contributed by atoms with Gasteiger partial charge in [0, 0.05) is 38.7 Å². The lowest BCUT2D eigenvalue weighted by Gasteiger charge is -2.41. The maximum absolute atomic E-state index is 12.4. The van der Waals surface area contributed by atoms with Crippen LogP contribution in [-0.2, 0) is 26.1 Å². The first kappa shape index (κ1) is 18.3. The lowest BCUT2D eigenvalue weighted by atomic mass is 9.78. The smallest absolute Gasteiger partial charge is 0.216 e. The molecule has 7 heteroatoms. The Balaban J connectivity index is 1.27. The molecule has 0 N–H and O–H groups in total. The van der Waals surface area contributed by atoms with Crippen LogP contribution in [0.4, 0.5) is 0 Å². The first-order chi connectivity index (χ1) is 12.6. The van der Waals surface area contributed by atoms with E-state index in [1.54, 1.807) is 10.5 Å². The first-order valence-electron chi connectivity index (χ1n) is 9.70. The van der Waals surface area contributed by atoms with E-state index in [0.717, 1.165) is 50.7 Å². The Morgan fingerprint density at radius 2 is 2.08 bits per heavy atom. The number of hydrogen-bond donors (Lipinski definition) is 0. The van der Waals surface area contributed by atoms with Crippen molar-refractivity contribution in [3.05, 3.63) is 30.1 Å². The lowest BCUT2D eigenvalue weighted by molar-refractivity contribution is -0.0618. The number of aromatic nitrogens is 1. The number of hydrogen-bond acceptors (Lipinski definition) is 5. The van der Waals surface area contributed by atoms with Crippen LogP contribution < -0.4 is 0 Å². The third kappa shape index (κ3) is 3.81. The van der Waals surface area contributed by atoms with Crippen molar-refractivity contribution in [2.45, 2.75) is 56.0 Å². The molecule has 1 aliphatic carbocycles. The van der Waals surface area contributed by atoms with E-state index in [9.17, 15) is 8.42 Å². The fourth-order valence-electron chi connectivity index (χ4n) is 4.34. The van der Waals surface area contributed by atoms with E-state index in [-0.39, 0.29) is 10.9 Å². The fourth-order valence-corrected chi connectivity index (χ4v) is 6.19. The molecule has 0 amide bonds. The van der Waals surface area contributed by atoms with Crippen LogP contribution in [0.3, 0.4) is 0 Å². The van der Waals surface area contributed by atoms with Gasteiger partial charge in [-0.05, 0) is 56.1 Å². The van der Waals surface area contributed by atoms with Crippen LogP contribution >= 0.6 is 0 Å². The molecule has 3 heterocycles. The zero-order valence-corrected chi connectivity index (χ0v) is 16.0. The molecule has 0 aromatic carbocycles. The molecule has 1 atom stereocenters. The second-order valence-corrected chi connectivity index (χ2v) is 9.96. The van der Waals surface area contributed by atoms with Gasteiger partial charge in [0.2, 0.25) is 10.0 Å².